The number of nitrogens with one attached hydrogen (secondary N) is 1. The Kier molecular flexibility index (Phi) is 5.23. The minimum Gasteiger partial charge on any atom is -0.267 e. The Bertz CT molecular complexity index is 765. The predicted octanol–water partition coefficient (Wildman–Crippen LogP) is 4.75. The van der Waals surface area contributed by atoms with Gasteiger partial charge >= 0.3 is 0 Å². The highest BCUT2D eigenvalue weighted by atomic mass is 16.2. The molecular weight excluding hydrogens is 296 g/mol. The highest BCUT2D eigenvalue weighted by Gasteiger charge is 2.14. The van der Waals surface area contributed by atoms with E-state index in [1.165, 1.54) is 16.7 Å². The first kappa shape index (κ1) is 17.9. The van der Waals surface area contributed by atoms with Gasteiger partial charge in [-0.2, -0.15) is 5.10 Å². The third kappa shape index (κ3) is 4.31. The Morgan fingerprint density at radius 3 is 2.04 bits per heavy atom. The molecule has 126 valence electrons. The lowest BCUT2D eigenvalue weighted by atomic mass is 9.87. The van der Waals surface area contributed by atoms with Crippen molar-refractivity contribution in [1.82, 2.24) is 5.43 Å². The van der Waals surface area contributed by atoms with Gasteiger partial charge in [-0.15, -0.1) is 0 Å². The lowest BCUT2D eigenvalue weighted by Gasteiger charge is -2.18. The van der Waals surface area contributed by atoms with Crippen molar-refractivity contribution in [2.75, 3.05) is 0 Å². The molecule has 24 heavy (non-hydrogen) atoms. The van der Waals surface area contributed by atoms with Crippen LogP contribution >= 0.6 is 0 Å². The SMILES string of the molecule is C/C(=N\NC(=O)c1ccc(C(C)(C)C)cc1)c1ccc(C)c(C)c1. The minimum atomic E-state index is -0.196. The monoisotopic (exact) mass is 322 g/mol. The molecule has 0 saturated heterocycles. The molecule has 1 amide bonds. The molecule has 3 nitrogen and oxygen atoms in total. The summed E-state index contributed by atoms with van der Waals surface area (Å²) < 4.78 is 0. The molecular formula is C21H26N2O. The molecule has 0 aliphatic heterocycles. The fourth-order valence-corrected chi connectivity index (χ4v) is 2.35. The van der Waals surface area contributed by atoms with Gasteiger partial charge in [0.15, 0.2) is 0 Å². The van der Waals surface area contributed by atoms with Crippen LogP contribution in [0, 0.1) is 13.8 Å². The lowest BCUT2D eigenvalue weighted by Crippen LogP contribution is -2.20. The molecule has 2 aromatic carbocycles. The van der Waals surface area contributed by atoms with E-state index in [9.17, 15) is 4.79 Å². The standard InChI is InChI=1S/C21H26N2O/c1-14-7-8-18(13-15(14)2)16(3)22-23-20(24)17-9-11-19(12-10-17)21(4,5)6/h7-13H,1-6H3,(H,23,24)/b22-16+. The molecule has 2 rings (SSSR count). The highest BCUT2D eigenvalue weighted by molar-refractivity contribution is 6.01. The maximum absolute atomic E-state index is 12.2. The van der Waals surface area contributed by atoms with Crippen molar-refractivity contribution < 1.29 is 4.79 Å². The fourth-order valence-electron chi connectivity index (χ4n) is 2.35. The van der Waals surface area contributed by atoms with Crippen molar-refractivity contribution in [2.24, 2.45) is 5.10 Å². The number of amides is 1. The molecule has 1 N–H and O–H groups in total. The number of hydrogen-bond acceptors (Lipinski definition) is 2. The molecule has 0 atom stereocenters. The summed E-state index contributed by atoms with van der Waals surface area (Å²) in [4.78, 5) is 12.2. The first-order valence-corrected chi connectivity index (χ1v) is 8.21. The predicted molar refractivity (Wildman–Crippen MR) is 101 cm³/mol. The van der Waals surface area contributed by atoms with E-state index in [-0.39, 0.29) is 11.3 Å². The van der Waals surface area contributed by atoms with Crippen LogP contribution in [0.5, 0.6) is 0 Å². The molecule has 0 bridgehead atoms. The van der Waals surface area contributed by atoms with E-state index < -0.39 is 0 Å². The van der Waals surface area contributed by atoms with E-state index in [4.69, 9.17) is 0 Å². The quantitative estimate of drug-likeness (QED) is 0.643. The van der Waals surface area contributed by atoms with E-state index in [0.717, 1.165) is 11.3 Å². The van der Waals surface area contributed by atoms with Crippen molar-refractivity contribution in [3.8, 4) is 0 Å². The Labute approximate surface area is 144 Å². The fraction of sp³-hybridized carbons (Fsp3) is 0.333. The number of carbonyl (C=O) groups excluding carboxylic acids is 1. The maximum Gasteiger partial charge on any atom is 0.271 e. The van der Waals surface area contributed by atoms with Gasteiger partial charge in [-0.25, -0.2) is 5.43 Å². The van der Waals surface area contributed by atoms with Crippen LogP contribution in [0.2, 0.25) is 0 Å². The number of benzene rings is 2. The Balaban J connectivity index is 2.10. The second kappa shape index (κ2) is 7.00. The highest BCUT2D eigenvalue weighted by Crippen LogP contribution is 2.22. The van der Waals surface area contributed by atoms with Crippen molar-refractivity contribution in [2.45, 2.75) is 47.0 Å². The number of hydrogen-bond donors (Lipinski definition) is 1. The number of hydrazone groups is 1. The lowest BCUT2D eigenvalue weighted by molar-refractivity contribution is 0.0955. The largest absolute Gasteiger partial charge is 0.271 e. The second-order valence-electron chi connectivity index (χ2n) is 7.26. The Morgan fingerprint density at radius 2 is 1.50 bits per heavy atom. The molecule has 0 aliphatic rings. The molecule has 0 heterocycles. The summed E-state index contributed by atoms with van der Waals surface area (Å²) >= 11 is 0. The van der Waals surface area contributed by atoms with Crippen LogP contribution in [0.1, 0.15) is 60.3 Å². The third-order valence-electron chi connectivity index (χ3n) is 4.26. The maximum atomic E-state index is 12.2. The normalized spacial score (nSPS) is 12.2. The summed E-state index contributed by atoms with van der Waals surface area (Å²) in [6, 6.07) is 13.8. The number of nitrogens with zero attached hydrogens (tertiary/aromatic N) is 1. The molecule has 0 radical (unpaired) electrons. The zero-order chi connectivity index (χ0) is 17.9. The first-order chi connectivity index (χ1) is 11.2. The van der Waals surface area contributed by atoms with Gasteiger partial charge in [0.05, 0.1) is 5.71 Å². The van der Waals surface area contributed by atoms with Crippen LogP contribution < -0.4 is 5.43 Å². The van der Waals surface area contributed by atoms with Gasteiger partial charge in [0.2, 0.25) is 0 Å². The molecule has 0 fully saturated rings. The van der Waals surface area contributed by atoms with E-state index in [0.29, 0.717) is 5.56 Å². The van der Waals surface area contributed by atoms with Crippen molar-refractivity contribution in [3.05, 3.63) is 70.3 Å². The molecule has 0 aliphatic carbocycles. The van der Waals surface area contributed by atoms with Crippen LogP contribution in [0.15, 0.2) is 47.6 Å². The van der Waals surface area contributed by atoms with Crippen molar-refractivity contribution in [1.29, 1.82) is 0 Å². The first-order valence-electron chi connectivity index (χ1n) is 8.21. The second-order valence-corrected chi connectivity index (χ2v) is 7.26. The molecule has 0 saturated carbocycles. The number of carbonyl (C=O) groups is 1. The smallest absolute Gasteiger partial charge is 0.267 e. The van der Waals surface area contributed by atoms with Gasteiger partial charge in [-0.05, 0) is 66.6 Å². The van der Waals surface area contributed by atoms with Crippen LogP contribution in [0.4, 0.5) is 0 Å². The summed E-state index contributed by atoms with van der Waals surface area (Å²) in [7, 11) is 0. The van der Waals surface area contributed by atoms with Gasteiger partial charge in [-0.1, -0.05) is 45.0 Å². The van der Waals surface area contributed by atoms with Crippen molar-refractivity contribution >= 4 is 11.6 Å². The summed E-state index contributed by atoms with van der Waals surface area (Å²) in [6.45, 7) is 12.5. The average molecular weight is 322 g/mol. The summed E-state index contributed by atoms with van der Waals surface area (Å²) in [5.41, 5.74) is 8.79. The molecule has 0 spiro atoms. The molecule has 3 heteroatoms. The van der Waals surface area contributed by atoms with Crippen LogP contribution in [-0.2, 0) is 5.41 Å². The number of rotatable bonds is 3. The van der Waals surface area contributed by atoms with Gasteiger partial charge in [0.1, 0.15) is 0 Å². The van der Waals surface area contributed by atoms with Crippen molar-refractivity contribution in [3.63, 3.8) is 0 Å². The number of aryl methyl sites for hydroxylation is 2. The summed E-state index contributed by atoms with van der Waals surface area (Å²) in [6.07, 6.45) is 0. The zero-order valence-corrected chi connectivity index (χ0v) is 15.4. The van der Waals surface area contributed by atoms with Gasteiger partial charge in [0.25, 0.3) is 5.91 Å². The van der Waals surface area contributed by atoms with Crippen LogP contribution in [-0.4, -0.2) is 11.6 Å². The Hall–Kier alpha value is -2.42. The molecule has 2 aromatic rings. The van der Waals surface area contributed by atoms with Crippen LogP contribution in [0.25, 0.3) is 0 Å². The Morgan fingerprint density at radius 1 is 0.917 bits per heavy atom. The average Bonchev–Trinajstić information content (AvgIpc) is 2.54. The topological polar surface area (TPSA) is 41.5 Å². The van der Waals surface area contributed by atoms with E-state index in [1.54, 1.807) is 0 Å². The minimum absolute atomic E-state index is 0.0764. The van der Waals surface area contributed by atoms with Gasteiger partial charge < -0.3 is 0 Å². The van der Waals surface area contributed by atoms with E-state index in [1.807, 2.05) is 37.3 Å². The molecule has 0 unspecified atom stereocenters. The van der Waals surface area contributed by atoms with Gasteiger partial charge in [-0.3, -0.25) is 4.79 Å². The third-order valence-corrected chi connectivity index (χ3v) is 4.26. The summed E-state index contributed by atoms with van der Waals surface area (Å²) in [5.74, 6) is -0.196. The van der Waals surface area contributed by atoms with Gasteiger partial charge in [0, 0.05) is 5.56 Å². The zero-order valence-electron chi connectivity index (χ0n) is 15.4. The molecule has 0 aromatic heterocycles. The van der Waals surface area contributed by atoms with E-state index in [2.05, 4.69) is 57.3 Å². The summed E-state index contributed by atoms with van der Waals surface area (Å²) in [5, 5.41) is 4.23. The van der Waals surface area contributed by atoms with Crippen LogP contribution in [0.3, 0.4) is 0 Å². The van der Waals surface area contributed by atoms with E-state index >= 15 is 0 Å².